The van der Waals surface area contributed by atoms with E-state index in [0.717, 1.165) is 30.8 Å². The van der Waals surface area contributed by atoms with Crippen LogP contribution in [0.4, 0.5) is 0 Å². The minimum Gasteiger partial charge on any atom is -0.339 e. The summed E-state index contributed by atoms with van der Waals surface area (Å²) in [5, 5.41) is 0.997. The number of hydrogen-bond acceptors (Lipinski definition) is 3. The van der Waals surface area contributed by atoms with Crippen LogP contribution in [0.2, 0.25) is 10.0 Å². The van der Waals surface area contributed by atoms with E-state index in [9.17, 15) is 4.79 Å². The van der Waals surface area contributed by atoms with Crippen LogP contribution in [-0.4, -0.2) is 36.2 Å². The molecule has 2 rings (SSSR count). The number of carbonyl (C=O) groups excluding carboxylic acids is 1. The number of rotatable bonds is 3. The summed E-state index contributed by atoms with van der Waals surface area (Å²) in [6.45, 7) is 3.50. The maximum Gasteiger partial charge on any atom is 0.255 e. The van der Waals surface area contributed by atoms with Crippen molar-refractivity contribution < 1.29 is 4.79 Å². The predicted octanol–water partition coefficient (Wildman–Crippen LogP) is 4.34. The molecule has 1 saturated heterocycles. The van der Waals surface area contributed by atoms with E-state index >= 15 is 0 Å². The second-order valence-corrected chi connectivity index (χ2v) is 7.12. The second kappa shape index (κ2) is 8.65. The molecule has 1 aromatic rings. The average Bonchev–Trinajstić information content (AvgIpc) is 2.47. The van der Waals surface area contributed by atoms with Crippen LogP contribution >= 0.6 is 47.4 Å². The van der Waals surface area contributed by atoms with Gasteiger partial charge in [0.1, 0.15) is 0 Å². The smallest absolute Gasteiger partial charge is 0.255 e. The number of likely N-dealkylation sites (tertiary alicyclic amines) is 1. The van der Waals surface area contributed by atoms with E-state index in [0.29, 0.717) is 21.5 Å². The van der Waals surface area contributed by atoms with Crippen molar-refractivity contribution in [2.24, 2.45) is 11.7 Å². The molecule has 3 nitrogen and oxygen atoms in total. The molecule has 2 N–H and O–H groups in total. The van der Waals surface area contributed by atoms with Gasteiger partial charge in [0.05, 0.1) is 15.6 Å². The molecule has 1 atom stereocenters. The monoisotopic (exact) mass is 382 g/mol. The van der Waals surface area contributed by atoms with Gasteiger partial charge in [-0.1, -0.05) is 23.2 Å². The zero-order valence-electron chi connectivity index (χ0n) is 12.6. The third-order valence-electron chi connectivity index (χ3n) is 4.04. The fourth-order valence-electron chi connectivity index (χ4n) is 2.65. The molecule has 22 heavy (non-hydrogen) atoms. The number of carbonyl (C=O) groups is 1. The van der Waals surface area contributed by atoms with Crippen LogP contribution in [0, 0.1) is 5.92 Å². The number of nitrogens with zero attached hydrogens (tertiary/aromatic N) is 1. The Morgan fingerprint density at radius 1 is 1.32 bits per heavy atom. The first-order valence-corrected chi connectivity index (χ1v) is 9.00. The summed E-state index contributed by atoms with van der Waals surface area (Å²) in [6, 6.07) is 3.62. The van der Waals surface area contributed by atoms with Crippen LogP contribution in [0.25, 0.3) is 0 Å². The number of halogens is 3. The van der Waals surface area contributed by atoms with E-state index in [2.05, 4.69) is 0 Å². The van der Waals surface area contributed by atoms with Gasteiger partial charge in [0.25, 0.3) is 5.91 Å². The summed E-state index contributed by atoms with van der Waals surface area (Å²) in [7, 11) is 0. The molecule has 0 bridgehead atoms. The number of amides is 1. The van der Waals surface area contributed by atoms with Crippen molar-refractivity contribution in [2.45, 2.75) is 30.7 Å². The maximum atomic E-state index is 12.6. The van der Waals surface area contributed by atoms with Crippen molar-refractivity contribution in [3.05, 3.63) is 27.7 Å². The lowest BCUT2D eigenvalue weighted by molar-refractivity contribution is 0.0681. The third-order valence-corrected chi connectivity index (χ3v) is 5.56. The lowest BCUT2D eigenvalue weighted by Crippen LogP contribution is -2.42. The Labute approximate surface area is 152 Å². The van der Waals surface area contributed by atoms with Crippen LogP contribution < -0.4 is 5.73 Å². The summed E-state index contributed by atoms with van der Waals surface area (Å²) in [4.78, 5) is 15.4. The van der Waals surface area contributed by atoms with Crippen molar-refractivity contribution >= 4 is 53.3 Å². The first-order chi connectivity index (χ1) is 9.93. The normalized spacial score (nSPS) is 17.0. The largest absolute Gasteiger partial charge is 0.339 e. The first-order valence-electron chi connectivity index (χ1n) is 7.02. The van der Waals surface area contributed by atoms with Gasteiger partial charge in [-0.05, 0) is 44.1 Å². The van der Waals surface area contributed by atoms with Gasteiger partial charge in [-0.15, -0.1) is 24.2 Å². The second-order valence-electron chi connectivity index (χ2n) is 5.46. The molecule has 1 fully saturated rings. The number of thioether (sulfide) groups is 1. The summed E-state index contributed by atoms with van der Waals surface area (Å²) >= 11 is 13.8. The van der Waals surface area contributed by atoms with Crippen LogP contribution in [0.15, 0.2) is 17.0 Å². The molecule has 1 heterocycles. The topological polar surface area (TPSA) is 46.3 Å². The van der Waals surface area contributed by atoms with Crippen LogP contribution in [0.1, 0.15) is 30.1 Å². The molecule has 0 saturated carbocycles. The van der Waals surface area contributed by atoms with E-state index in [4.69, 9.17) is 28.9 Å². The highest BCUT2D eigenvalue weighted by molar-refractivity contribution is 7.98. The highest BCUT2D eigenvalue weighted by Crippen LogP contribution is 2.32. The molecule has 1 aromatic carbocycles. The van der Waals surface area contributed by atoms with Crippen molar-refractivity contribution in [2.75, 3.05) is 19.3 Å². The van der Waals surface area contributed by atoms with Gasteiger partial charge in [-0.2, -0.15) is 0 Å². The van der Waals surface area contributed by atoms with Crippen LogP contribution in [-0.2, 0) is 0 Å². The quantitative estimate of drug-likeness (QED) is 0.790. The molecule has 1 amide bonds. The fraction of sp³-hybridized carbons (Fsp3) is 0.533. The Balaban J connectivity index is 0.00000242. The first kappa shape index (κ1) is 19.9. The summed E-state index contributed by atoms with van der Waals surface area (Å²) in [5.41, 5.74) is 6.47. The van der Waals surface area contributed by atoms with Gasteiger partial charge in [-0.3, -0.25) is 4.79 Å². The molecular formula is C15H21Cl3N2OS. The van der Waals surface area contributed by atoms with Crippen molar-refractivity contribution in [3.63, 3.8) is 0 Å². The molecule has 124 valence electrons. The Bertz CT molecular complexity index is 532. The summed E-state index contributed by atoms with van der Waals surface area (Å²) in [5.74, 6) is 0.478. The Kier molecular flexibility index (Phi) is 7.83. The maximum absolute atomic E-state index is 12.6. The van der Waals surface area contributed by atoms with Crippen molar-refractivity contribution in [3.8, 4) is 0 Å². The number of piperidine rings is 1. The zero-order valence-corrected chi connectivity index (χ0v) is 15.8. The molecule has 0 aliphatic carbocycles. The van der Waals surface area contributed by atoms with Crippen molar-refractivity contribution in [1.82, 2.24) is 4.90 Å². The van der Waals surface area contributed by atoms with E-state index in [-0.39, 0.29) is 24.4 Å². The fourth-order valence-corrected chi connectivity index (χ4v) is 3.83. The molecular weight excluding hydrogens is 363 g/mol. The SMILES string of the molecule is CSc1cc(C(=O)N2CCC(C(C)N)CC2)c(Cl)cc1Cl.Cl. The summed E-state index contributed by atoms with van der Waals surface area (Å²) < 4.78 is 0. The van der Waals surface area contributed by atoms with Gasteiger partial charge in [0.15, 0.2) is 0 Å². The highest BCUT2D eigenvalue weighted by Gasteiger charge is 2.26. The predicted molar refractivity (Wildman–Crippen MR) is 97.8 cm³/mol. The van der Waals surface area contributed by atoms with E-state index < -0.39 is 0 Å². The lowest BCUT2D eigenvalue weighted by atomic mass is 9.90. The van der Waals surface area contributed by atoms with Gasteiger partial charge >= 0.3 is 0 Å². The van der Waals surface area contributed by atoms with Gasteiger partial charge < -0.3 is 10.6 Å². The van der Waals surface area contributed by atoms with Crippen LogP contribution in [0.3, 0.4) is 0 Å². The molecule has 0 aromatic heterocycles. The summed E-state index contributed by atoms with van der Waals surface area (Å²) in [6.07, 6.45) is 3.82. The minimum absolute atomic E-state index is 0. The van der Waals surface area contributed by atoms with Gasteiger partial charge in [0.2, 0.25) is 0 Å². The van der Waals surface area contributed by atoms with E-state index in [1.165, 1.54) is 11.8 Å². The molecule has 0 spiro atoms. The Morgan fingerprint density at radius 3 is 2.41 bits per heavy atom. The molecule has 1 aliphatic rings. The number of nitrogens with two attached hydrogens (primary N) is 1. The third kappa shape index (κ3) is 4.45. The highest BCUT2D eigenvalue weighted by atomic mass is 35.5. The Hall–Kier alpha value is -0.130. The number of benzene rings is 1. The zero-order chi connectivity index (χ0) is 15.6. The lowest BCUT2D eigenvalue weighted by Gasteiger charge is -2.34. The minimum atomic E-state index is -0.0184. The Morgan fingerprint density at radius 2 is 1.91 bits per heavy atom. The van der Waals surface area contributed by atoms with Crippen LogP contribution in [0.5, 0.6) is 0 Å². The molecule has 0 radical (unpaired) electrons. The molecule has 1 aliphatic heterocycles. The van der Waals surface area contributed by atoms with Crippen molar-refractivity contribution in [1.29, 1.82) is 0 Å². The number of hydrogen-bond donors (Lipinski definition) is 1. The average molecular weight is 384 g/mol. The molecule has 1 unspecified atom stereocenters. The molecule has 7 heteroatoms. The van der Waals surface area contributed by atoms with E-state index in [1.807, 2.05) is 18.1 Å². The van der Waals surface area contributed by atoms with E-state index in [1.54, 1.807) is 12.1 Å². The van der Waals surface area contributed by atoms with Gasteiger partial charge in [-0.25, -0.2) is 0 Å². The van der Waals surface area contributed by atoms with Gasteiger partial charge in [0, 0.05) is 24.0 Å². The standard InChI is InChI=1S/C15H20Cl2N2OS.ClH/c1-9(18)10-3-5-19(6-4-10)15(20)11-7-14(21-2)13(17)8-12(11)16;/h7-10H,3-6,18H2,1-2H3;1H.